The van der Waals surface area contributed by atoms with Gasteiger partial charge < -0.3 is 8.83 Å². The summed E-state index contributed by atoms with van der Waals surface area (Å²) in [5.74, 6) is 0.774. The van der Waals surface area contributed by atoms with Crippen LogP contribution in [0.15, 0.2) is 29.7 Å². The van der Waals surface area contributed by atoms with Gasteiger partial charge in [-0.15, -0.1) is 0 Å². The van der Waals surface area contributed by atoms with Gasteiger partial charge in [-0.2, -0.15) is 4.98 Å². The molecular formula is C10H8ClNO4S. The summed E-state index contributed by atoms with van der Waals surface area (Å²) in [6, 6.07) is 1.29. The minimum absolute atomic E-state index is 0.102. The number of thioether (sulfide) groups is 1. The zero-order valence-electron chi connectivity index (χ0n) is 8.86. The molecule has 0 fully saturated rings. The summed E-state index contributed by atoms with van der Waals surface area (Å²) in [7, 11) is 0. The molecule has 90 valence electrons. The average molecular weight is 274 g/mol. The second-order valence-electron chi connectivity index (χ2n) is 3.21. The zero-order valence-corrected chi connectivity index (χ0v) is 10.4. The van der Waals surface area contributed by atoms with Crippen molar-refractivity contribution in [1.29, 1.82) is 0 Å². The minimum Gasteiger partial charge on any atom is -0.432 e. The Morgan fingerprint density at radius 2 is 2.18 bits per heavy atom. The topological polar surface area (TPSA) is 73.3 Å². The molecule has 17 heavy (non-hydrogen) atoms. The molecule has 2 aromatic heterocycles. The van der Waals surface area contributed by atoms with Crippen LogP contribution in [-0.4, -0.2) is 10.7 Å². The Morgan fingerprint density at radius 1 is 1.41 bits per heavy atom. The van der Waals surface area contributed by atoms with E-state index in [1.807, 2.05) is 6.92 Å². The van der Waals surface area contributed by atoms with Crippen molar-refractivity contribution in [2.24, 2.45) is 0 Å². The van der Waals surface area contributed by atoms with E-state index in [0.717, 1.165) is 12.2 Å². The predicted molar refractivity (Wildman–Crippen MR) is 64.8 cm³/mol. The first-order valence-corrected chi connectivity index (χ1v) is 6.25. The molecule has 2 heterocycles. The number of halogens is 1. The fourth-order valence-electron chi connectivity index (χ4n) is 1.22. The maximum atomic E-state index is 11.6. The number of fused-ring (bicyclic) bond motifs is 1. The summed E-state index contributed by atoms with van der Waals surface area (Å²) in [5, 5.41) is -0.107. The molecule has 0 atom stereocenters. The molecule has 5 nitrogen and oxygen atoms in total. The van der Waals surface area contributed by atoms with Crippen LogP contribution in [0.1, 0.15) is 13.3 Å². The summed E-state index contributed by atoms with van der Waals surface area (Å²) in [6.07, 6.45) is 0.922. The first kappa shape index (κ1) is 12.2. The molecule has 7 heteroatoms. The zero-order chi connectivity index (χ0) is 12.4. The maximum Gasteiger partial charge on any atom is 0.353 e. The third kappa shape index (κ3) is 2.53. The highest BCUT2D eigenvalue weighted by molar-refractivity contribution is 7.99. The van der Waals surface area contributed by atoms with Crippen molar-refractivity contribution in [2.75, 3.05) is 5.75 Å². The molecule has 0 aliphatic carbocycles. The first-order chi connectivity index (χ1) is 8.11. The van der Waals surface area contributed by atoms with Crippen molar-refractivity contribution < 1.29 is 8.83 Å². The van der Waals surface area contributed by atoms with Crippen molar-refractivity contribution in [3.8, 4) is 0 Å². The Kier molecular flexibility index (Phi) is 3.54. The smallest absolute Gasteiger partial charge is 0.353 e. The van der Waals surface area contributed by atoms with Gasteiger partial charge in [-0.1, -0.05) is 18.7 Å². The molecule has 2 aromatic rings. The van der Waals surface area contributed by atoms with Crippen molar-refractivity contribution >= 4 is 34.3 Å². The van der Waals surface area contributed by atoms with Crippen LogP contribution in [0.4, 0.5) is 0 Å². The molecule has 2 rings (SSSR count). The third-order valence-electron chi connectivity index (χ3n) is 1.92. The Morgan fingerprint density at radius 3 is 2.88 bits per heavy atom. The molecule has 0 aliphatic rings. The third-order valence-corrected chi connectivity index (χ3v) is 3.14. The van der Waals surface area contributed by atoms with Crippen LogP contribution in [-0.2, 0) is 0 Å². The van der Waals surface area contributed by atoms with Gasteiger partial charge in [0.05, 0.1) is 0 Å². The van der Waals surface area contributed by atoms with E-state index in [9.17, 15) is 9.59 Å². The molecule has 0 spiro atoms. The highest BCUT2D eigenvalue weighted by Crippen LogP contribution is 2.19. The second kappa shape index (κ2) is 4.93. The van der Waals surface area contributed by atoms with Crippen LogP contribution in [0.25, 0.3) is 11.0 Å². The van der Waals surface area contributed by atoms with Gasteiger partial charge in [0.25, 0.3) is 10.8 Å². The monoisotopic (exact) mass is 273 g/mol. The Labute approximate surface area is 105 Å². The number of hydrogen-bond acceptors (Lipinski definition) is 6. The quantitative estimate of drug-likeness (QED) is 0.799. The predicted octanol–water partition coefficient (Wildman–Crippen LogP) is 2.30. The van der Waals surface area contributed by atoms with Crippen molar-refractivity contribution in [2.45, 2.75) is 18.6 Å². The fraction of sp³-hybridized carbons (Fsp3) is 0.300. The van der Waals surface area contributed by atoms with E-state index < -0.39 is 11.2 Å². The Hall–Kier alpha value is -1.27. The second-order valence-corrected chi connectivity index (χ2v) is 4.63. The molecule has 0 radical (unpaired) electrons. The number of rotatable bonds is 3. The molecule has 0 aromatic carbocycles. The molecule has 0 saturated heterocycles. The van der Waals surface area contributed by atoms with Crippen LogP contribution in [0.3, 0.4) is 0 Å². The maximum absolute atomic E-state index is 11.6. The van der Waals surface area contributed by atoms with Crippen LogP contribution in [0.2, 0.25) is 5.22 Å². The number of nitrogens with zero attached hydrogens (tertiary/aromatic N) is 1. The number of hydrogen-bond donors (Lipinski definition) is 0. The van der Waals surface area contributed by atoms with Crippen LogP contribution < -0.4 is 11.2 Å². The summed E-state index contributed by atoms with van der Waals surface area (Å²) in [4.78, 5) is 26.7. The van der Waals surface area contributed by atoms with E-state index in [-0.39, 0.29) is 21.4 Å². The molecule has 0 saturated carbocycles. The number of aromatic nitrogens is 1. The largest absolute Gasteiger partial charge is 0.432 e. The lowest BCUT2D eigenvalue weighted by Gasteiger charge is -1.99. The average Bonchev–Trinajstić information content (AvgIpc) is 2.24. The van der Waals surface area contributed by atoms with Crippen molar-refractivity contribution in [3.63, 3.8) is 0 Å². The minimum atomic E-state index is -0.833. The first-order valence-electron chi connectivity index (χ1n) is 4.89. The highest BCUT2D eigenvalue weighted by atomic mass is 35.5. The lowest BCUT2D eigenvalue weighted by atomic mass is 10.3. The molecule has 0 N–H and O–H groups in total. The summed E-state index contributed by atoms with van der Waals surface area (Å²) >= 11 is 6.88. The SMILES string of the molecule is CCCSc1nc(=O)c2c(=O)oc(Cl)cc2o1. The van der Waals surface area contributed by atoms with E-state index in [1.54, 1.807) is 0 Å². The van der Waals surface area contributed by atoms with Gasteiger partial charge in [-0.25, -0.2) is 4.79 Å². The van der Waals surface area contributed by atoms with E-state index in [2.05, 4.69) is 9.40 Å². The van der Waals surface area contributed by atoms with E-state index in [0.29, 0.717) is 0 Å². The summed E-state index contributed by atoms with van der Waals surface area (Å²) in [6.45, 7) is 2.00. The van der Waals surface area contributed by atoms with Gasteiger partial charge in [0.1, 0.15) is 0 Å². The van der Waals surface area contributed by atoms with Crippen molar-refractivity contribution in [1.82, 2.24) is 4.98 Å². The van der Waals surface area contributed by atoms with Gasteiger partial charge in [-0.3, -0.25) is 4.79 Å². The van der Waals surface area contributed by atoms with Crippen LogP contribution in [0, 0.1) is 0 Å². The summed E-state index contributed by atoms with van der Waals surface area (Å²) in [5.41, 5.74) is -1.39. The normalized spacial score (nSPS) is 10.9. The fourth-order valence-corrected chi connectivity index (χ4v) is 2.07. The van der Waals surface area contributed by atoms with Crippen LogP contribution >= 0.6 is 23.4 Å². The summed E-state index contributed by atoms with van der Waals surface area (Å²) < 4.78 is 9.91. The van der Waals surface area contributed by atoms with Crippen LogP contribution in [0.5, 0.6) is 0 Å². The van der Waals surface area contributed by atoms with Gasteiger partial charge in [0.15, 0.2) is 11.0 Å². The van der Waals surface area contributed by atoms with Gasteiger partial charge in [0.2, 0.25) is 5.22 Å². The highest BCUT2D eigenvalue weighted by Gasteiger charge is 2.12. The lowest BCUT2D eigenvalue weighted by Crippen LogP contribution is -2.15. The Balaban J connectivity index is 2.65. The molecule has 0 aliphatic heterocycles. The molecule has 0 bridgehead atoms. The lowest BCUT2D eigenvalue weighted by molar-refractivity contribution is 0.450. The molecule has 0 unspecified atom stereocenters. The van der Waals surface area contributed by atoms with Crippen molar-refractivity contribution in [3.05, 3.63) is 32.1 Å². The van der Waals surface area contributed by atoms with E-state index in [4.69, 9.17) is 16.0 Å². The van der Waals surface area contributed by atoms with Gasteiger partial charge in [-0.05, 0) is 18.0 Å². The van der Waals surface area contributed by atoms with Gasteiger partial charge >= 0.3 is 5.63 Å². The standard InChI is InChI=1S/C10H8ClNO4S/c1-2-3-17-10-12-8(13)7-5(15-10)4-6(11)16-9(7)14/h4H,2-3H2,1H3. The Bertz CT molecular complexity index is 663. The van der Waals surface area contributed by atoms with E-state index in [1.165, 1.54) is 17.8 Å². The molecule has 0 amide bonds. The van der Waals surface area contributed by atoms with E-state index >= 15 is 0 Å². The van der Waals surface area contributed by atoms with Gasteiger partial charge in [0, 0.05) is 11.8 Å². The molecular weight excluding hydrogens is 266 g/mol.